The van der Waals surface area contributed by atoms with Crippen molar-refractivity contribution in [2.75, 3.05) is 26.4 Å². The van der Waals surface area contributed by atoms with E-state index in [1.807, 2.05) is 0 Å². The van der Waals surface area contributed by atoms with Crippen molar-refractivity contribution in [3.05, 3.63) is 69.8 Å². The first kappa shape index (κ1) is 27.5. The minimum atomic E-state index is -1.09. The molecule has 2 aromatic carbocycles. The average molecular weight is 497 g/mol. The fraction of sp³-hybridized carbons (Fsp3) is 0.429. The van der Waals surface area contributed by atoms with Gasteiger partial charge in [-0.05, 0) is 63.8 Å². The fourth-order valence-corrected chi connectivity index (χ4v) is 4.11. The maximum Gasteiger partial charge on any atom is 0.233 e. The molecule has 3 rings (SSSR count). The van der Waals surface area contributed by atoms with Gasteiger partial charge in [-0.3, -0.25) is 19.2 Å². The molecule has 0 aromatic heterocycles. The largest absolute Gasteiger partial charge is 0.346 e. The zero-order valence-corrected chi connectivity index (χ0v) is 21.1. The molecule has 0 unspecified atom stereocenters. The predicted octanol–water partition coefficient (Wildman–Crippen LogP) is 4.01. The molecule has 0 saturated carbocycles. The van der Waals surface area contributed by atoms with Crippen LogP contribution in [0.15, 0.2) is 36.4 Å². The van der Waals surface area contributed by atoms with E-state index in [2.05, 4.69) is 0 Å². The van der Waals surface area contributed by atoms with Crippen LogP contribution in [0.3, 0.4) is 0 Å². The third-order valence-electron chi connectivity index (χ3n) is 5.85. The molecule has 2 aromatic rings. The van der Waals surface area contributed by atoms with Gasteiger partial charge in [0, 0.05) is 48.7 Å². The Hall–Kier alpha value is -3.04. The zero-order chi connectivity index (χ0) is 26.2. The van der Waals surface area contributed by atoms with Crippen molar-refractivity contribution in [3.8, 4) is 0 Å². The van der Waals surface area contributed by atoms with Crippen LogP contribution in [-0.4, -0.2) is 62.1 Å². The summed E-state index contributed by atoms with van der Waals surface area (Å²) in [5.74, 6) is -2.31. The molecule has 0 N–H and O–H groups in total. The lowest BCUT2D eigenvalue weighted by molar-refractivity contribution is -0.107. The Balaban J connectivity index is 1.95. The Morgan fingerprint density at radius 1 is 0.639 bits per heavy atom. The molecule has 0 fully saturated rings. The first-order chi connectivity index (χ1) is 17.4. The second-order valence-electron chi connectivity index (χ2n) is 8.12. The number of hydrogen-bond donors (Lipinski definition) is 0. The monoisotopic (exact) mass is 496 g/mol. The van der Waals surface area contributed by atoms with Crippen LogP contribution >= 0.6 is 0 Å². The third kappa shape index (κ3) is 6.02. The van der Waals surface area contributed by atoms with Gasteiger partial charge < -0.3 is 18.9 Å². The normalized spacial score (nSPS) is 13.4. The number of carbonyl (C=O) groups is 4. The number of ketones is 4. The lowest BCUT2D eigenvalue weighted by atomic mass is 9.85. The van der Waals surface area contributed by atoms with Crippen molar-refractivity contribution in [1.82, 2.24) is 0 Å². The minimum absolute atomic E-state index is 0.168. The Morgan fingerprint density at radius 2 is 0.972 bits per heavy atom. The first-order valence-corrected chi connectivity index (χ1v) is 12.3. The fourth-order valence-electron chi connectivity index (χ4n) is 4.11. The van der Waals surface area contributed by atoms with Gasteiger partial charge >= 0.3 is 0 Å². The lowest BCUT2D eigenvalue weighted by Crippen LogP contribution is -2.29. The van der Waals surface area contributed by atoms with E-state index >= 15 is 0 Å². The van der Waals surface area contributed by atoms with Crippen LogP contribution in [0.5, 0.6) is 0 Å². The molecule has 1 aliphatic carbocycles. The Morgan fingerprint density at radius 3 is 1.28 bits per heavy atom. The van der Waals surface area contributed by atoms with Gasteiger partial charge in [-0.15, -0.1) is 0 Å². The number of rotatable bonds is 12. The summed E-state index contributed by atoms with van der Waals surface area (Å²) in [6, 6.07) is 9.50. The van der Waals surface area contributed by atoms with E-state index in [0.29, 0.717) is 24.0 Å². The third-order valence-corrected chi connectivity index (χ3v) is 5.85. The van der Waals surface area contributed by atoms with Crippen LogP contribution in [0.4, 0.5) is 0 Å². The molecule has 0 atom stereocenters. The minimum Gasteiger partial charge on any atom is -0.346 e. The molecule has 0 spiro atoms. The second-order valence-corrected chi connectivity index (χ2v) is 8.12. The highest BCUT2D eigenvalue weighted by atomic mass is 16.7. The predicted molar refractivity (Wildman–Crippen MR) is 132 cm³/mol. The molecule has 8 heteroatoms. The molecule has 1 aliphatic rings. The van der Waals surface area contributed by atoms with Gasteiger partial charge in [0.25, 0.3) is 0 Å². The van der Waals surface area contributed by atoms with Gasteiger partial charge in [0.15, 0.2) is 0 Å². The van der Waals surface area contributed by atoms with E-state index in [1.165, 1.54) is 12.1 Å². The van der Waals surface area contributed by atoms with Crippen LogP contribution in [0, 0.1) is 0 Å². The highest BCUT2D eigenvalue weighted by Crippen LogP contribution is 2.25. The smallest absolute Gasteiger partial charge is 0.233 e. The van der Waals surface area contributed by atoms with E-state index in [-0.39, 0.29) is 48.7 Å². The maximum atomic E-state index is 13.3. The number of benzene rings is 2. The molecule has 8 nitrogen and oxygen atoms in total. The topological polar surface area (TPSA) is 105 Å². The molecular weight excluding hydrogens is 464 g/mol. The van der Waals surface area contributed by atoms with Crippen LogP contribution in [0.1, 0.15) is 80.3 Å². The number of ether oxygens (including phenoxy) is 4. The van der Waals surface area contributed by atoms with Crippen LogP contribution in [0.2, 0.25) is 0 Å². The van der Waals surface area contributed by atoms with Crippen LogP contribution < -0.4 is 0 Å². The summed E-state index contributed by atoms with van der Waals surface area (Å²) in [4.78, 5) is 52.5. The SMILES string of the molecule is CCOC(OCC)C(=O)c1ccc2c(c1)C(=O)C(=O)c1cc(C(=O)C(OCC)OCC)ccc1CC2. The van der Waals surface area contributed by atoms with Crippen molar-refractivity contribution in [2.24, 2.45) is 0 Å². The summed E-state index contributed by atoms with van der Waals surface area (Å²) in [5.41, 5.74) is 2.13. The molecule has 0 amide bonds. The van der Waals surface area contributed by atoms with Gasteiger partial charge in [0.2, 0.25) is 35.7 Å². The highest BCUT2D eigenvalue weighted by Gasteiger charge is 2.30. The number of carbonyl (C=O) groups excluding carboxylic acids is 4. The summed E-state index contributed by atoms with van der Waals surface area (Å²) in [5, 5.41) is 0. The van der Waals surface area contributed by atoms with Gasteiger partial charge in [0.05, 0.1) is 0 Å². The molecule has 0 heterocycles. The van der Waals surface area contributed by atoms with Crippen molar-refractivity contribution in [3.63, 3.8) is 0 Å². The number of fused-ring (bicyclic) bond motifs is 2. The molecule has 192 valence electrons. The number of aryl methyl sites for hydroxylation is 2. The van der Waals surface area contributed by atoms with Gasteiger partial charge in [-0.25, -0.2) is 0 Å². The number of Topliss-reactive ketones (excluding diaryl/α,β-unsaturated/α-hetero) is 4. The van der Waals surface area contributed by atoms with Crippen molar-refractivity contribution in [1.29, 1.82) is 0 Å². The molecule has 36 heavy (non-hydrogen) atoms. The van der Waals surface area contributed by atoms with Gasteiger partial charge in [-0.1, -0.05) is 24.3 Å². The first-order valence-electron chi connectivity index (χ1n) is 12.3. The molecule has 0 radical (unpaired) electrons. The second kappa shape index (κ2) is 12.8. The highest BCUT2D eigenvalue weighted by molar-refractivity contribution is 6.50. The van der Waals surface area contributed by atoms with Crippen molar-refractivity contribution < 1.29 is 38.1 Å². The Labute approximate surface area is 210 Å². The lowest BCUT2D eigenvalue weighted by Gasteiger charge is -2.19. The summed E-state index contributed by atoms with van der Waals surface area (Å²) in [6.45, 7) is 8.14. The summed E-state index contributed by atoms with van der Waals surface area (Å²) >= 11 is 0. The average Bonchev–Trinajstić information content (AvgIpc) is 2.89. The van der Waals surface area contributed by atoms with Crippen molar-refractivity contribution >= 4 is 23.1 Å². The van der Waals surface area contributed by atoms with Gasteiger partial charge in [-0.2, -0.15) is 0 Å². The molecule has 0 aliphatic heterocycles. The molecular formula is C28H32O8. The maximum absolute atomic E-state index is 13.3. The molecule has 0 bridgehead atoms. The van der Waals surface area contributed by atoms with Crippen LogP contribution in [-0.2, 0) is 31.8 Å². The number of hydrogen-bond acceptors (Lipinski definition) is 8. The van der Waals surface area contributed by atoms with E-state index in [9.17, 15) is 19.2 Å². The van der Waals surface area contributed by atoms with E-state index in [4.69, 9.17) is 18.9 Å². The van der Waals surface area contributed by atoms with E-state index in [1.54, 1.807) is 52.0 Å². The zero-order valence-electron chi connectivity index (χ0n) is 21.1. The Kier molecular flexibility index (Phi) is 9.78. The van der Waals surface area contributed by atoms with Crippen LogP contribution in [0.25, 0.3) is 0 Å². The summed E-state index contributed by atoms with van der Waals surface area (Å²) in [6.07, 6.45) is -1.20. The summed E-state index contributed by atoms with van der Waals surface area (Å²) in [7, 11) is 0. The van der Waals surface area contributed by atoms with E-state index < -0.39 is 35.7 Å². The van der Waals surface area contributed by atoms with Gasteiger partial charge in [0.1, 0.15) is 0 Å². The Bertz CT molecular complexity index is 1030. The summed E-state index contributed by atoms with van der Waals surface area (Å²) < 4.78 is 21.6. The quantitative estimate of drug-likeness (QED) is 0.247. The molecule has 0 saturated heterocycles. The standard InChI is InChI=1S/C28H32O8/c1-5-33-27(34-6-2)23(29)19-13-11-17-9-10-18-12-14-20(24(30)28(35-7-3)36-8-4)16-22(18)26(32)25(31)21(17)15-19/h11-16,27-28H,5-10H2,1-4H3. The van der Waals surface area contributed by atoms with E-state index in [0.717, 1.165) is 0 Å². The van der Waals surface area contributed by atoms with Crippen molar-refractivity contribution in [2.45, 2.75) is 53.1 Å².